The zero-order valence-corrected chi connectivity index (χ0v) is 30.4. The van der Waals surface area contributed by atoms with Crippen LogP contribution in [0.25, 0.3) is 0 Å². The Kier molecular flexibility index (Phi) is 18.5. The predicted octanol–water partition coefficient (Wildman–Crippen LogP) is 4.07. The highest BCUT2D eigenvalue weighted by molar-refractivity contribution is 7.86. The summed E-state index contributed by atoms with van der Waals surface area (Å²) in [4.78, 5) is 0.123. The number of hydrogen-bond donors (Lipinski definition) is 0. The van der Waals surface area contributed by atoms with Crippen molar-refractivity contribution in [3.8, 4) is 0 Å². The van der Waals surface area contributed by atoms with E-state index in [0.29, 0.717) is 79.3 Å². The molecule has 0 heterocycles. The van der Waals surface area contributed by atoms with Crippen molar-refractivity contribution in [3.63, 3.8) is 0 Å². The highest BCUT2D eigenvalue weighted by atomic mass is 32.2. The molecule has 0 aromatic heterocycles. The van der Waals surface area contributed by atoms with Crippen molar-refractivity contribution in [1.29, 1.82) is 0 Å². The fourth-order valence-corrected chi connectivity index (χ4v) is 10.5. The van der Waals surface area contributed by atoms with Gasteiger partial charge in [-0.25, -0.2) is 0 Å². The molecule has 0 bridgehead atoms. The predicted molar refractivity (Wildman–Crippen MR) is 188 cm³/mol. The van der Waals surface area contributed by atoms with E-state index in [9.17, 15) is 8.42 Å². The van der Waals surface area contributed by atoms with Crippen LogP contribution in [-0.4, -0.2) is 109 Å². The van der Waals surface area contributed by atoms with Crippen molar-refractivity contribution < 1.29 is 45.4 Å². The first-order valence-corrected chi connectivity index (χ1v) is 19.7. The second kappa shape index (κ2) is 22.3. The van der Waals surface area contributed by atoms with Crippen LogP contribution in [0.4, 0.5) is 0 Å². The van der Waals surface area contributed by atoms with Crippen molar-refractivity contribution >= 4 is 28.8 Å². The molecule has 10 nitrogen and oxygen atoms in total. The lowest BCUT2D eigenvalue weighted by Crippen LogP contribution is -2.66. The van der Waals surface area contributed by atoms with Gasteiger partial charge in [-0.15, -0.1) is 0 Å². The first-order chi connectivity index (χ1) is 23.3. The standard InChI is InChI=1S/C36H52O10SSi/c1-36(2,3)48(34-15-9-5-10-16-34,35-17-11-6-12-18-35)46-32-30-44-28-26-42-24-22-40-20-19-39-21-23-41-25-27-43-29-31-45-47(37,38)33-13-7-4-8-14-33/h4-18H,19-32H2,1-3H3. The van der Waals surface area contributed by atoms with Crippen molar-refractivity contribution in [2.45, 2.75) is 30.7 Å². The normalized spacial score (nSPS) is 12.4. The molecule has 0 saturated carbocycles. The number of ether oxygens (including phenoxy) is 6. The maximum absolute atomic E-state index is 12.0. The first kappa shape index (κ1) is 39.9. The SMILES string of the molecule is CC(C)(C)[Si](OCCOCCOCCOCCOCCOCCOCCOS(=O)(=O)c1ccccc1)(c1ccccc1)c1ccccc1. The molecule has 3 aromatic carbocycles. The van der Waals surface area contributed by atoms with Gasteiger partial charge in [-0.1, -0.05) is 99.6 Å². The molecule has 0 aliphatic rings. The van der Waals surface area contributed by atoms with Gasteiger partial charge in [0.25, 0.3) is 18.4 Å². The van der Waals surface area contributed by atoms with Crippen LogP contribution in [0.5, 0.6) is 0 Å². The lowest BCUT2D eigenvalue weighted by molar-refractivity contribution is -0.0188. The molecule has 48 heavy (non-hydrogen) atoms. The summed E-state index contributed by atoms with van der Waals surface area (Å²) in [6, 6.07) is 29.2. The van der Waals surface area contributed by atoms with E-state index in [1.807, 2.05) is 12.1 Å². The fraction of sp³-hybridized carbons (Fsp3) is 0.500. The minimum atomic E-state index is -3.76. The zero-order valence-electron chi connectivity index (χ0n) is 28.6. The Bertz CT molecular complexity index is 1300. The Labute approximate surface area is 287 Å². The molecular weight excluding hydrogens is 653 g/mol. The average Bonchev–Trinajstić information content (AvgIpc) is 3.09. The summed E-state index contributed by atoms with van der Waals surface area (Å²) in [7, 11) is -6.31. The minimum absolute atomic E-state index is 0.0563. The largest absolute Gasteiger partial charge is 0.405 e. The Morgan fingerprint density at radius 1 is 0.458 bits per heavy atom. The molecule has 0 aliphatic carbocycles. The van der Waals surface area contributed by atoms with E-state index in [2.05, 4.69) is 69.3 Å². The zero-order chi connectivity index (χ0) is 34.4. The van der Waals surface area contributed by atoms with Gasteiger partial charge in [0, 0.05) is 0 Å². The third kappa shape index (κ3) is 13.8. The van der Waals surface area contributed by atoms with Crippen molar-refractivity contribution in [2.75, 3.05) is 92.5 Å². The van der Waals surface area contributed by atoms with E-state index >= 15 is 0 Å². The van der Waals surface area contributed by atoms with Crippen molar-refractivity contribution in [1.82, 2.24) is 0 Å². The van der Waals surface area contributed by atoms with Gasteiger partial charge in [0.2, 0.25) is 0 Å². The van der Waals surface area contributed by atoms with Gasteiger partial charge in [0.05, 0.1) is 97.4 Å². The van der Waals surface area contributed by atoms with Gasteiger partial charge in [0.15, 0.2) is 0 Å². The van der Waals surface area contributed by atoms with Crippen LogP contribution in [0.15, 0.2) is 95.9 Å². The van der Waals surface area contributed by atoms with Crippen LogP contribution in [0.1, 0.15) is 20.8 Å². The van der Waals surface area contributed by atoms with E-state index < -0.39 is 18.4 Å². The monoisotopic (exact) mass is 704 g/mol. The van der Waals surface area contributed by atoms with Crippen LogP contribution in [0.2, 0.25) is 5.04 Å². The van der Waals surface area contributed by atoms with Crippen LogP contribution >= 0.6 is 0 Å². The van der Waals surface area contributed by atoms with Crippen LogP contribution in [0, 0.1) is 0 Å². The number of rotatable bonds is 26. The van der Waals surface area contributed by atoms with Crippen LogP contribution in [0.3, 0.4) is 0 Å². The lowest BCUT2D eigenvalue weighted by atomic mass is 10.2. The molecule has 0 radical (unpaired) electrons. The number of benzene rings is 3. The van der Waals surface area contributed by atoms with Gasteiger partial charge in [0.1, 0.15) is 0 Å². The molecule has 0 spiro atoms. The minimum Gasteiger partial charge on any atom is -0.405 e. The fourth-order valence-electron chi connectivity index (χ4n) is 5.07. The van der Waals surface area contributed by atoms with E-state index in [4.69, 9.17) is 37.0 Å². The Hall–Kier alpha value is -2.49. The van der Waals surface area contributed by atoms with Gasteiger partial charge in [-0.3, -0.25) is 4.18 Å². The summed E-state index contributed by atoms with van der Waals surface area (Å²) < 4.78 is 69.1. The molecule has 266 valence electrons. The second-order valence-corrected chi connectivity index (χ2v) is 17.7. The van der Waals surface area contributed by atoms with E-state index in [-0.39, 0.29) is 23.1 Å². The smallest absolute Gasteiger partial charge is 0.297 e. The third-order valence-electron chi connectivity index (χ3n) is 7.32. The van der Waals surface area contributed by atoms with E-state index in [1.54, 1.807) is 18.2 Å². The third-order valence-corrected chi connectivity index (χ3v) is 13.7. The summed E-state index contributed by atoms with van der Waals surface area (Å²) in [6.07, 6.45) is 0. The molecule has 0 N–H and O–H groups in total. The summed E-state index contributed by atoms with van der Waals surface area (Å²) >= 11 is 0. The van der Waals surface area contributed by atoms with E-state index in [0.717, 1.165) is 0 Å². The Morgan fingerprint density at radius 3 is 1.12 bits per heavy atom. The molecule has 12 heteroatoms. The molecule has 0 atom stereocenters. The Balaban J connectivity index is 1.12. The van der Waals surface area contributed by atoms with Gasteiger partial charge in [-0.2, -0.15) is 8.42 Å². The second-order valence-electron chi connectivity index (χ2n) is 11.8. The maximum atomic E-state index is 12.0. The highest BCUT2D eigenvalue weighted by Gasteiger charge is 2.50. The van der Waals surface area contributed by atoms with Crippen molar-refractivity contribution in [2.24, 2.45) is 0 Å². The maximum Gasteiger partial charge on any atom is 0.297 e. The van der Waals surface area contributed by atoms with Crippen LogP contribution in [-0.2, 0) is 47.1 Å². The quantitative estimate of drug-likeness (QED) is 0.0690. The summed E-state index contributed by atoms with van der Waals surface area (Å²) in [5, 5.41) is 2.45. The topological polar surface area (TPSA) is 108 Å². The van der Waals surface area contributed by atoms with Gasteiger partial charge < -0.3 is 32.8 Å². The highest BCUT2D eigenvalue weighted by Crippen LogP contribution is 2.36. The number of hydrogen-bond acceptors (Lipinski definition) is 10. The molecule has 3 rings (SSSR count). The summed E-state index contributed by atoms with van der Waals surface area (Å²) in [6.45, 7) is 12.3. The molecular formula is C36H52O10SSi. The molecule has 0 unspecified atom stereocenters. The van der Waals surface area contributed by atoms with Gasteiger partial charge in [-0.05, 0) is 27.5 Å². The average molecular weight is 705 g/mol. The molecule has 0 fully saturated rings. The molecule has 0 saturated heterocycles. The van der Waals surface area contributed by atoms with Crippen LogP contribution < -0.4 is 10.4 Å². The summed E-state index contributed by atoms with van der Waals surface area (Å²) in [5.41, 5.74) is 0. The molecule has 0 amide bonds. The molecule has 3 aromatic rings. The molecule has 0 aliphatic heterocycles. The van der Waals surface area contributed by atoms with Crippen molar-refractivity contribution in [3.05, 3.63) is 91.0 Å². The van der Waals surface area contributed by atoms with Gasteiger partial charge >= 0.3 is 0 Å². The summed E-state index contributed by atoms with van der Waals surface area (Å²) in [5.74, 6) is 0. The lowest BCUT2D eigenvalue weighted by Gasteiger charge is -2.43. The van der Waals surface area contributed by atoms with E-state index in [1.165, 1.54) is 22.5 Å². The first-order valence-electron chi connectivity index (χ1n) is 16.4. The Morgan fingerprint density at radius 2 is 0.771 bits per heavy atom.